The molecule has 0 spiro atoms. The summed E-state index contributed by atoms with van der Waals surface area (Å²) in [6.07, 6.45) is -0.0324. The van der Waals surface area contributed by atoms with Gasteiger partial charge in [0.15, 0.2) is 0 Å². The maximum atomic E-state index is 12.2. The average Bonchev–Trinajstić information content (AvgIpc) is 2.81. The average molecular weight is 333 g/mol. The van der Waals surface area contributed by atoms with E-state index >= 15 is 0 Å². The van der Waals surface area contributed by atoms with E-state index in [1.807, 2.05) is 0 Å². The van der Waals surface area contributed by atoms with Crippen LogP contribution in [-0.4, -0.2) is 47.8 Å². The fourth-order valence-electron chi connectivity index (χ4n) is 2.25. The van der Waals surface area contributed by atoms with Crippen LogP contribution in [0.4, 0.5) is 10.5 Å². The molecule has 1 heterocycles. The Labute approximate surface area is 131 Å². The second-order valence-electron chi connectivity index (χ2n) is 4.69. The van der Waals surface area contributed by atoms with Gasteiger partial charge in [0.05, 0.1) is 6.10 Å². The molecule has 0 aliphatic carbocycles. The summed E-state index contributed by atoms with van der Waals surface area (Å²) in [5.74, 6) is -1.06. The van der Waals surface area contributed by atoms with E-state index in [4.69, 9.17) is 27.9 Å². The number of methoxy groups -OCH3 is 1. The minimum Gasteiger partial charge on any atom is -0.480 e. The number of carboxylic acid groups (broad SMARTS) is 1. The predicted octanol–water partition coefficient (Wildman–Crippen LogP) is 2.70. The first-order valence-corrected chi connectivity index (χ1v) is 6.95. The van der Waals surface area contributed by atoms with Crippen molar-refractivity contribution < 1.29 is 19.4 Å². The van der Waals surface area contributed by atoms with Crippen molar-refractivity contribution in [2.75, 3.05) is 19.0 Å². The number of benzene rings is 1. The molecule has 2 rings (SSSR count). The number of nitrogens with one attached hydrogen (secondary N) is 1. The number of anilines is 1. The van der Waals surface area contributed by atoms with Gasteiger partial charge in [0.2, 0.25) is 0 Å². The Balaban J connectivity index is 2.13. The Hall–Kier alpha value is -1.50. The first kappa shape index (κ1) is 15.9. The monoisotopic (exact) mass is 332 g/mol. The molecular weight excluding hydrogens is 319 g/mol. The molecule has 0 bridgehead atoms. The number of rotatable bonds is 3. The molecule has 1 saturated heterocycles. The summed E-state index contributed by atoms with van der Waals surface area (Å²) in [4.78, 5) is 24.7. The molecule has 6 nitrogen and oxygen atoms in total. The van der Waals surface area contributed by atoms with Crippen LogP contribution in [0.25, 0.3) is 0 Å². The van der Waals surface area contributed by atoms with Gasteiger partial charge >= 0.3 is 12.0 Å². The lowest BCUT2D eigenvalue weighted by Gasteiger charge is -2.21. The van der Waals surface area contributed by atoms with Crippen molar-refractivity contribution >= 4 is 40.9 Å². The van der Waals surface area contributed by atoms with Crippen LogP contribution in [0, 0.1) is 0 Å². The molecule has 2 N–H and O–H groups in total. The summed E-state index contributed by atoms with van der Waals surface area (Å²) < 4.78 is 5.13. The van der Waals surface area contributed by atoms with Gasteiger partial charge in [-0.25, -0.2) is 9.59 Å². The molecule has 114 valence electrons. The Morgan fingerprint density at radius 3 is 2.48 bits per heavy atom. The molecule has 2 atom stereocenters. The van der Waals surface area contributed by atoms with Crippen LogP contribution in [0.3, 0.4) is 0 Å². The van der Waals surface area contributed by atoms with Gasteiger partial charge in [-0.05, 0) is 18.2 Å². The Morgan fingerprint density at radius 2 is 1.95 bits per heavy atom. The minimum atomic E-state index is -1.06. The van der Waals surface area contributed by atoms with Crippen LogP contribution in [0.1, 0.15) is 6.42 Å². The molecule has 0 saturated carbocycles. The van der Waals surface area contributed by atoms with E-state index in [0.717, 1.165) is 0 Å². The van der Waals surface area contributed by atoms with Gasteiger partial charge in [-0.1, -0.05) is 23.2 Å². The molecule has 1 aromatic carbocycles. The van der Waals surface area contributed by atoms with Crippen LogP contribution in [0.15, 0.2) is 18.2 Å². The minimum absolute atomic E-state index is 0.216. The highest BCUT2D eigenvalue weighted by molar-refractivity contribution is 6.35. The Bertz CT molecular complexity index is 547. The molecule has 8 heteroatoms. The standard InChI is InChI=1S/C13H14Cl2N2O4/c1-21-10-5-11(12(18)19)17(6-10)13(20)16-9-3-7(14)2-8(15)4-9/h2-4,10-11H,5-6H2,1H3,(H,16,20)(H,18,19). The van der Waals surface area contributed by atoms with Gasteiger partial charge in [-0.15, -0.1) is 0 Å². The molecule has 1 aromatic rings. The molecule has 0 aromatic heterocycles. The third-order valence-electron chi connectivity index (χ3n) is 3.26. The summed E-state index contributed by atoms with van der Waals surface area (Å²) in [6, 6.07) is 3.16. The smallest absolute Gasteiger partial charge is 0.326 e. The first-order valence-electron chi connectivity index (χ1n) is 6.20. The third-order valence-corrected chi connectivity index (χ3v) is 3.69. The number of carbonyl (C=O) groups excluding carboxylic acids is 1. The molecule has 1 aliphatic heterocycles. The molecule has 21 heavy (non-hydrogen) atoms. The summed E-state index contributed by atoms with van der Waals surface area (Å²) in [5.41, 5.74) is 0.405. The number of halogens is 2. The number of urea groups is 1. The maximum absolute atomic E-state index is 12.2. The van der Waals surface area contributed by atoms with E-state index in [1.54, 1.807) is 0 Å². The highest BCUT2D eigenvalue weighted by Crippen LogP contribution is 2.25. The van der Waals surface area contributed by atoms with Gasteiger partial charge in [0.25, 0.3) is 0 Å². The fourth-order valence-corrected chi connectivity index (χ4v) is 2.77. The number of hydrogen-bond acceptors (Lipinski definition) is 3. The molecule has 1 fully saturated rings. The van der Waals surface area contributed by atoms with E-state index in [2.05, 4.69) is 5.32 Å². The zero-order valence-electron chi connectivity index (χ0n) is 11.2. The van der Waals surface area contributed by atoms with Crippen LogP contribution < -0.4 is 5.32 Å². The van der Waals surface area contributed by atoms with Crippen LogP contribution in [0.2, 0.25) is 10.0 Å². The molecular formula is C13H14Cl2N2O4. The van der Waals surface area contributed by atoms with Gasteiger partial charge in [-0.3, -0.25) is 0 Å². The number of carbonyl (C=O) groups is 2. The van der Waals surface area contributed by atoms with Crippen LogP contribution in [-0.2, 0) is 9.53 Å². The van der Waals surface area contributed by atoms with Crippen molar-refractivity contribution in [3.05, 3.63) is 28.2 Å². The summed E-state index contributed by atoms with van der Waals surface area (Å²) >= 11 is 11.7. The number of likely N-dealkylation sites (tertiary alicyclic amines) is 1. The van der Waals surface area contributed by atoms with Crippen molar-refractivity contribution in [1.82, 2.24) is 4.90 Å². The lowest BCUT2D eigenvalue weighted by Crippen LogP contribution is -2.43. The third kappa shape index (κ3) is 3.78. The van der Waals surface area contributed by atoms with Crippen molar-refractivity contribution in [3.63, 3.8) is 0 Å². The number of ether oxygens (including phenoxy) is 1. The second-order valence-corrected chi connectivity index (χ2v) is 5.56. The lowest BCUT2D eigenvalue weighted by molar-refractivity contribution is -0.141. The van der Waals surface area contributed by atoms with E-state index in [0.29, 0.717) is 15.7 Å². The topological polar surface area (TPSA) is 78.9 Å². The molecule has 2 amide bonds. The van der Waals surface area contributed by atoms with Crippen molar-refractivity contribution in [1.29, 1.82) is 0 Å². The van der Waals surface area contributed by atoms with E-state index in [9.17, 15) is 14.7 Å². The van der Waals surface area contributed by atoms with Crippen LogP contribution in [0.5, 0.6) is 0 Å². The number of hydrogen-bond donors (Lipinski definition) is 2. The largest absolute Gasteiger partial charge is 0.480 e. The van der Waals surface area contributed by atoms with Crippen molar-refractivity contribution in [2.24, 2.45) is 0 Å². The normalized spacial score (nSPS) is 21.4. The second kappa shape index (κ2) is 6.51. The number of carboxylic acids is 1. The molecule has 0 radical (unpaired) electrons. The molecule has 2 unspecified atom stereocenters. The first-order chi connectivity index (χ1) is 9.90. The van der Waals surface area contributed by atoms with Gasteiger partial charge < -0.3 is 20.1 Å². The Morgan fingerprint density at radius 1 is 1.33 bits per heavy atom. The quantitative estimate of drug-likeness (QED) is 0.891. The highest BCUT2D eigenvalue weighted by Gasteiger charge is 2.39. The zero-order valence-corrected chi connectivity index (χ0v) is 12.7. The number of amides is 2. The number of nitrogens with zero attached hydrogens (tertiary/aromatic N) is 1. The number of aliphatic carboxylic acids is 1. The summed E-state index contributed by atoms with van der Waals surface area (Å²) in [5, 5.41) is 12.5. The van der Waals surface area contributed by atoms with E-state index < -0.39 is 18.0 Å². The predicted molar refractivity (Wildman–Crippen MR) is 79.0 cm³/mol. The molecule has 1 aliphatic rings. The van der Waals surface area contributed by atoms with Gasteiger partial charge in [-0.2, -0.15) is 0 Å². The van der Waals surface area contributed by atoms with Gasteiger partial charge in [0, 0.05) is 35.8 Å². The summed E-state index contributed by atoms with van der Waals surface area (Å²) in [7, 11) is 1.49. The van der Waals surface area contributed by atoms with Crippen molar-refractivity contribution in [3.8, 4) is 0 Å². The lowest BCUT2D eigenvalue weighted by atomic mass is 10.2. The fraction of sp³-hybridized carbons (Fsp3) is 0.385. The SMILES string of the molecule is COC1CC(C(=O)O)N(C(=O)Nc2cc(Cl)cc(Cl)c2)C1. The van der Waals surface area contributed by atoms with E-state index in [-0.39, 0.29) is 19.1 Å². The van der Waals surface area contributed by atoms with Gasteiger partial charge in [0.1, 0.15) is 6.04 Å². The zero-order chi connectivity index (χ0) is 15.6. The highest BCUT2D eigenvalue weighted by atomic mass is 35.5. The summed E-state index contributed by atoms with van der Waals surface area (Å²) in [6.45, 7) is 0.216. The van der Waals surface area contributed by atoms with Crippen molar-refractivity contribution in [2.45, 2.75) is 18.6 Å². The maximum Gasteiger partial charge on any atom is 0.326 e. The van der Waals surface area contributed by atoms with Crippen LogP contribution >= 0.6 is 23.2 Å². The van der Waals surface area contributed by atoms with E-state index in [1.165, 1.54) is 30.2 Å². The Kier molecular flexibility index (Phi) is 4.92.